The number of hydrogen-bond donors (Lipinski definition) is 2. The summed E-state index contributed by atoms with van der Waals surface area (Å²) in [6.45, 7) is 3.15. The summed E-state index contributed by atoms with van der Waals surface area (Å²) in [6, 6.07) is 0. The normalized spacial score (nSPS) is 29.1. The summed E-state index contributed by atoms with van der Waals surface area (Å²) in [4.78, 5) is 14.7. The van der Waals surface area contributed by atoms with Gasteiger partial charge < -0.3 is 11.1 Å². The maximum atomic E-state index is 12.1. The minimum atomic E-state index is -0.530. The quantitative estimate of drug-likeness (QED) is 0.807. The second-order valence-electron chi connectivity index (χ2n) is 6.37. The molecule has 3 N–H and O–H groups in total. The maximum Gasteiger partial charge on any atom is 0.240 e. The summed E-state index contributed by atoms with van der Waals surface area (Å²) in [6.07, 6.45) is 6.77. The number of carbonyl (C=O) groups is 1. The van der Waals surface area contributed by atoms with Crippen LogP contribution in [0.15, 0.2) is 0 Å². The van der Waals surface area contributed by atoms with Crippen LogP contribution in [0.3, 0.4) is 0 Å². The van der Waals surface area contributed by atoms with E-state index in [1.807, 2.05) is 11.8 Å². The van der Waals surface area contributed by atoms with Crippen LogP contribution in [-0.4, -0.2) is 53.0 Å². The van der Waals surface area contributed by atoms with Crippen LogP contribution in [0.5, 0.6) is 0 Å². The fourth-order valence-electron chi connectivity index (χ4n) is 3.46. The monoisotopic (exact) mass is 283 g/mol. The number of hydrogen-bond acceptors (Lipinski definition) is 4. The van der Waals surface area contributed by atoms with E-state index in [-0.39, 0.29) is 11.4 Å². The molecule has 0 radical (unpaired) electrons. The van der Waals surface area contributed by atoms with Gasteiger partial charge in [0.25, 0.3) is 0 Å². The fraction of sp³-hybridized carbons (Fsp3) is 0.929. The third-order valence-corrected chi connectivity index (χ3v) is 5.98. The molecule has 1 saturated heterocycles. The molecule has 0 aromatic carbocycles. The van der Waals surface area contributed by atoms with Crippen LogP contribution in [0.1, 0.15) is 38.5 Å². The van der Waals surface area contributed by atoms with Crippen molar-refractivity contribution in [2.24, 2.45) is 5.73 Å². The fourth-order valence-corrected chi connectivity index (χ4v) is 4.36. The Labute approximate surface area is 119 Å². The molecule has 3 rings (SSSR count). The zero-order valence-electron chi connectivity index (χ0n) is 11.6. The number of thioether (sulfide) groups is 1. The van der Waals surface area contributed by atoms with Crippen molar-refractivity contribution in [3.05, 3.63) is 0 Å². The first-order valence-electron chi connectivity index (χ1n) is 7.55. The van der Waals surface area contributed by atoms with Gasteiger partial charge in [-0.2, -0.15) is 11.8 Å². The van der Waals surface area contributed by atoms with Gasteiger partial charge in [0.15, 0.2) is 0 Å². The lowest BCUT2D eigenvalue weighted by atomic mass is 9.94. The molecular weight excluding hydrogens is 258 g/mol. The lowest BCUT2D eigenvalue weighted by Crippen LogP contribution is -2.58. The molecular formula is C14H25N3OS. The van der Waals surface area contributed by atoms with E-state index >= 15 is 0 Å². The van der Waals surface area contributed by atoms with E-state index in [4.69, 9.17) is 5.73 Å². The van der Waals surface area contributed by atoms with Crippen molar-refractivity contribution in [2.45, 2.75) is 49.6 Å². The van der Waals surface area contributed by atoms with E-state index in [2.05, 4.69) is 10.2 Å². The van der Waals surface area contributed by atoms with Crippen LogP contribution in [0.2, 0.25) is 0 Å². The number of nitrogens with zero attached hydrogens (tertiary/aromatic N) is 1. The Morgan fingerprint density at radius 2 is 1.79 bits per heavy atom. The zero-order chi connectivity index (χ0) is 13.3. The Balaban J connectivity index is 1.61. The van der Waals surface area contributed by atoms with Crippen molar-refractivity contribution in [2.75, 3.05) is 31.1 Å². The van der Waals surface area contributed by atoms with E-state index in [0.717, 1.165) is 19.4 Å². The van der Waals surface area contributed by atoms with Crippen LogP contribution in [0.25, 0.3) is 0 Å². The molecule has 0 bridgehead atoms. The lowest BCUT2D eigenvalue weighted by Gasteiger charge is -2.43. The molecule has 3 fully saturated rings. The molecule has 0 atom stereocenters. The largest absolute Gasteiger partial charge is 0.353 e. The summed E-state index contributed by atoms with van der Waals surface area (Å²) in [5, 5.41) is 3.15. The lowest BCUT2D eigenvalue weighted by molar-refractivity contribution is -0.124. The van der Waals surface area contributed by atoms with Crippen molar-refractivity contribution in [3.8, 4) is 0 Å². The molecule has 2 saturated carbocycles. The molecule has 0 unspecified atom stereocenters. The van der Waals surface area contributed by atoms with Crippen molar-refractivity contribution in [1.82, 2.24) is 10.2 Å². The Morgan fingerprint density at radius 3 is 2.37 bits per heavy atom. The van der Waals surface area contributed by atoms with Gasteiger partial charge in [-0.15, -0.1) is 0 Å². The zero-order valence-corrected chi connectivity index (χ0v) is 12.4. The Morgan fingerprint density at radius 1 is 1.16 bits per heavy atom. The first-order chi connectivity index (χ1) is 9.15. The Hall–Kier alpha value is -0.260. The minimum absolute atomic E-state index is 0.0742. The van der Waals surface area contributed by atoms with Gasteiger partial charge in [-0.25, -0.2) is 0 Å². The molecule has 5 heteroatoms. The SMILES string of the molecule is NC1(C(=O)NCC2(N3CCSCC3)CCCC2)CC1. The average molecular weight is 283 g/mol. The Bertz CT molecular complexity index is 345. The molecule has 19 heavy (non-hydrogen) atoms. The van der Waals surface area contributed by atoms with Crippen LogP contribution in [0, 0.1) is 0 Å². The van der Waals surface area contributed by atoms with E-state index in [9.17, 15) is 4.79 Å². The number of nitrogens with two attached hydrogens (primary N) is 1. The second kappa shape index (κ2) is 5.26. The van der Waals surface area contributed by atoms with Gasteiger partial charge in [0, 0.05) is 36.7 Å². The van der Waals surface area contributed by atoms with E-state index in [1.54, 1.807) is 0 Å². The summed E-state index contributed by atoms with van der Waals surface area (Å²) in [5.41, 5.74) is 5.66. The van der Waals surface area contributed by atoms with E-state index in [1.165, 1.54) is 50.3 Å². The Kier molecular flexibility index (Phi) is 3.80. The number of amides is 1. The van der Waals surface area contributed by atoms with Gasteiger partial charge in [0.1, 0.15) is 0 Å². The van der Waals surface area contributed by atoms with Crippen LogP contribution >= 0.6 is 11.8 Å². The highest BCUT2D eigenvalue weighted by atomic mass is 32.2. The van der Waals surface area contributed by atoms with Crippen molar-refractivity contribution < 1.29 is 4.79 Å². The summed E-state index contributed by atoms with van der Waals surface area (Å²) >= 11 is 2.05. The molecule has 1 heterocycles. The van der Waals surface area contributed by atoms with Crippen molar-refractivity contribution in [1.29, 1.82) is 0 Å². The minimum Gasteiger partial charge on any atom is -0.353 e. The van der Waals surface area contributed by atoms with Gasteiger partial charge in [-0.05, 0) is 25.7 Å². The van der Waals surface area contributed by atoms with Crippen molar-refractivity contribution >= 4 is 17.7 Å². The molecule has 0 aromatic heterocycles. The van der Waals surface area contributed by atoms with Crippen LogP contribution in [-0.2, 0) is 4.79 Å². The van der Waals surface area contributed by atoms with Gasteiger partial charge in [0.2, 0.25) is 5.91 Å². The molecule has 4 nitrogen and oxygen atoms in total. The molecule has 108 valence electrons. The summed E-state index contributed by atoms with van der Waals surface area (Å²) < 4.78 is 0. The highest BCUT2D eigenvalue weighted by molar-refractivity contribution is 7.99. The predicted octanol–water partition coefficient (Wildman–Crippen LogP) is 0.955. The third kappa shape index (κ3) is 2.78. The number of nitrogens with one attached hydrogen (secondary N) is 1. The van der Waals surface area contributed by atoms with Gasteiger partial charge in [0.05, 0.1) is 5.54 Å². The first-order valence-corrected chi connectivity index (χ1v) is 8.70. The van der Waals surface area contributed by atoms with Crippen molar-refractivity contribution in [3.63, 3.8) is 0 Å². The predicted molar refractivity (Wildman–Crippen MR) is 79.3 cm³/mol. The van der Waals surface area contributed by atoms with Gasteiger partial charge >= 0.3 is 0 Å². The van der Waals surface area contributed by atoms with Gasteiger partial charge in [-0.3, -0.25) is 9.69 Å². The third-order valence-electron chi connectivity index (χ3n) is 5.04. The van der Waals surface area contributed by atoms with Crippen LogP contribution < -0.4 is 11.1 Å². The summed E-state index contributed by atoms with van der Waals surface area (Å²) in [5.74, 6) is 2.54. The second-order valence-corrected chi connectivity index (χ2v) is 7.59. The molecule has 1 aliphatic heterocycles. The maximum absolute atomic E-state index is 12.1. The van der Waals surface area contributed by atoms with E-state index < -0.39 is 5.54 Å². The summed E-state index contributed by atoms with van der Waals surface area (Å²) in [7, 11) is 0. The number of carbonyl (C=O) groups excluding carboxylic acids is 1. The molecule has 2 aliphatic carbocycles. The van der Waals surface area contributed by atoms with Crippen LogP contribution in [0.4, 0.5) is 0 Å². The molecule has 3 aliphatic rings. The highest BCUT2D eigenvalue weighted by Gasteiger charge is 2.47. The van der Waals surface area contributed by atoms with Gasteiger partial charge in [-0.1, -0.05) is 12.8 Å². The standard InChI is InChI=1S/C14H25N3OS/c15-14(5-6-14)12(18)16-11-13(3-1-2-4-13)17-7-9-19-10-8-17/h1-11,15H2,(H,16,18). The highest BCUT2D eigenvalue weighted by Crippen LogP contribution is 2.37. The topological polar surface area (TPSA) is 58.4 Å². The van der Waals surface area contributed by atoms with E-state index in [0.29, 0.717) is 0 Å². The molecule has 1 amide bonds. The smallest absolute Gasteiger partial charge is 0.240 e. The first kappa shape index (κ1) is 13.7. The number of rotatable bonds is 4. The molecule has 0 spiro atoms. The molecule has 0 aromatic rings. The average Bonchev–Trinajstić information content (AvgIpc) is 3.03.